The van der Waals surface area contributed by atoms with Crippen LogP contribution in [0.15, 0.2) is 30.3 Å². The van der Waals surface area contributed by atoms with Gasteiger partial charge in [0.2, 0.25) is 0 Å². The quantitative estimate of drug-likeness (QED) is 0.802. The van der Waals surface area contributed by atoms with Crippen LogP contribution in [0.4, 0.5) is 4.79 Å². The number of hydrogen-bond acceptors (Lipinski definition) is 2. The molecule has 1 aromatic carbocycles. The van der Waals surface area contributed by atoms with E-state index in [1.807, 2.05) is 11.0 Å². The summed E-state index contributed by atoms with van der Waals surface area (Å²) in [5.74, 6) is 2.10. The molecule has 1 heterocycles. The van der Waals surface area contributed by atoms with Crippen LogP contribution < -0.4 is 0 Å². The molecule has 3 nitrogen and oxygen atoms in total. The van der Waals surface area contributed by atoms with Gasteiger partial charge in [-0.05, 0) is 73.7 Å². The minimum Gasteiger partial charge on any atom is -0.446 e. The number of fused-ring (bicyclic) bond motifs is 1. The van der Waals surface area contributed by atoms with E-state index in [2.05, 4.69) is 31.2 Å². The normalized spacial score (nSPS) is 41.5. The van der Waals surface area contributed by atoms with Gasteiger partial charge in [0, 0.05) is 12.6 Å². The monoisotopic (exact) mass is 339 g/mol. The number of carbonyl (C=O) groups is 1. The zero-order valence-corrected chi connectivity index (χ0v) is 15.2. The fourth-order valence-corrected chi connectivity index (χ4v) is 6.36. The molecule has 6 atom stereocenters. The van der Waals surface area contributed by atoms with Crippen LogP contribution in [0.2, 0.25) is 0 Å². The van der Waals surface area contributed by atoms with Gasteiger partial charge in [-0.25, -0.2) is 4.79 Å². The van der Waals surface area contributed by atoms with Crippen molar-refractivity contribution in [1.82, 2.24) is 4.90 Å². The lowest BCUT2D eigenvalue weighted by Gasteiger charge is -2.38. The molecule has 3 heteroatoms. The van der Waals surface area contributed by atoms with Crippen LogP contribution in [0.25, 0.3) is 0 Å². The Morgan fingerprint density at radius 1 is 1.24 bits per heavy atom. The van der Waals surface area contributed by atoms with E-state index in [-0.39, 0.29) is 12.2 Å². The zero-order chi connectivity index (χ0) is 17.0. The van der Waals surface area contributed by atoms with Crippen molar-refractivity contribution in [3.63, 3.8) is 0 Å². The standard InChI is InChI=1S/C22H29NO2/c1-15-12-22-13-17(11-18(22)14-22)20(15)25-21(24)23-9-5-8-19(23)10-16-6-3-2-4-7-16/h2-4,6-7,15,17-20H,5,8-14H2,1H3. The lowest BCUT2D eigenvalue weighted by Crippen LogP contribution is -2.43. The van der Waals surface area contributed by atoms with Crippen molar-refractivity contribution in [3.05, 3.63) is 35.9 Å². The second-order valence-corrected chi connectivity index (χ2v) is 9.17. The fourth-order valence-electron chi connectivity index (χ4n) is 6.36. The lowest BCUT2D eigenvalue weighted by atomic mass is 9.75. The third-order valence-corrected chi connectivity index (χ3v) is 7.53. The van der Waals surface area contributed by atoms with E-state index < -0.39 is 0 Å². The summed E-state index contributed by atoms with van der Waals surface area (Å²) in [4.78, 5) is 14.9. The molecule has 1 amide bonds. The summed E-state index contributed by atoms with van der Waals surface area (Å²) in [5, 5.41) is 0. The Morgan fingerprint density at radius 2 is 2.08 bits per heavy atom. The molecule has 4 fully saturated rings. The van der Waals surface area contributed by atoms with E-state index >= 15 is 0 Å². The summed E-state index contributed by atoms with van der Waals surface area (Å²) in [7, 11) is 0. The van der Waals surface area contributed by atoms with Gasteiger partial charge in [-0.3, -0.25) is 0 Å². The molecule has 1 aliphatic heterocycles. The first-order valence-electron chi connectivity index (χ1n) is 10.2. The summed E-state index contributed by atoms with van der Waals surface area (Å²) in [6.45, 7) is 3.16. The molecule has 1 saturated heterocycles. The number of carbonyl (C=O) groups excluding carboxylic acids is 1. The van der Waals surface area contributed by atoms with Gasteiger partial charge in [0.1, 0.15) is 6.10 Å². The largest absolute Gasteiger partial charge is 0.446 e. The minimum absolute atomic E-state index is 0.0493. The van der Waals surface area contributed by atoms with Crippen LogP contribution in [-0.2, 0) is 11.2 Å². The lowest BCUT2D eigenvalue weighted by molar-refractivity contribution is -0.0209. The van der Waals surface area contributed by atoms with E-state index in [9.17, 15) is 4.79 Å². The van der Waals surface area contributed by atoms with Crippen molar-refractivity contribution in [2.45, 2.75) is 64.0 Å². The zero-order valence-electron chi connectivity index (χ0n) is 15.2. The molecule has 0 radical (unpaired) electrons. The average Bonchev–Trinajstić information content (AvgIpc) is 2.96. The molecule has 6 unspecified atom stereocenters. The van der Waals surface area contributed by atoms with E-state index in [1.165, 1.54) is 31.2 Å². The molecule has 0 aromatic heterocycles. The highest BCUT2D eigenvalue weighted by Gasteiger charge is 2.65. The van der Waals surface area contributed by atoms with Crippen LogP contribution in [0.1, 0.15) is 51.0 Å². The Hall–Kier alpha value is -1.51. The summed E-state index contributed by atoms with van der Waals surface area (Å²) in [6, 6.07) is 10.8. The Kier molecular flexibility index (Phi) is 3.62. The minimum atomic E-state index is -0.0493. The predicted molar refractivity (Wildman–Crippen MR) is 97.2 cm³/mol. The maximum Gasteiger partial charge on any atom is 0.410 e. The van der Waals surface area contributed by atoms with Gasteiger partial charge in [-0.2, -0.15) is 0 Å². The smallest absolute Gasteiger partial charge is 0.410 e. The maximum absolute atomic E-state index is 12.9. The van der Waals surface area contributed by atoms with Crippen molar-refractivity contribution < 1.29 is 9.53 Å². The SMILES string of the molecule is CC1CC23CC(CC2C3)C1OC(=O)N1CCCC1Cc1ccccc1. The first kappa shape index (κ1) is 15.7. The average molecular weight is 339 g/mol. The highest BCUT2D eigenvalue weighted by molar-refractivity contribution is 5.68. The van der Waals surface area contributed by atoms with Gasteiger partial charge in [-0.15, -0.1) is 0 Å². The van der Waals surface area contributed by atoms with Crippen molar-refractivity contribution >= 4 is 6.09 Å². The molecule has 1 spiro atoms. The predicted octanol–water partition coefficient (Wildman–Crippen LogP) is 4.65. The van der Waals surface area contributed by atoms with Crippen molar-refractivity contribution in [2.75, 3.05) is 6.54 Å². The summed E-state index contributed by atoms with van der Waals surface area (Å²) in [6.07, 6.45) is 8.59. The van der Waals surface area contributed by atoms with Crippen LogP contribution in [0.3, 0.4) is 0 Å². The number of likely N-dealkylation sites (tertiary alicyclic amines) is 1. The third-order valence-electron chi connectivity index (χ3n) is 7.53. The number of nitrogens with zero attached hydrogens (tertiary/aromatic N) is 1. The van der Waals surface area contributed by atoms with Crippen molar-refractivity contribution in [1.29, 1.82) is 0 Å². The molecule has 0 N–H and O–H groups in total. The molecule has 25 heavy (non-hydrogen) atoms. The topological polar surface area (TPSA) is 29.5 Å². The van der Waals surface area contributed by atoms with Crippen molar-refractivity contribution in [2.24, 2.45) is 23.2 Å². The Bertz CT molecular complexity index is 659. The van der Waals surface area contributed by atoms with E-state index in [1.54, 1.807) is 0 Å². The highest BCUT2D eigenvalue weighted by atomic mass is 16.6. The van der Waals surface area contributed by atoms with Crippen LogP contribution >= 0.6 is 0 Å². The summed E-state index contributed by atoms with van der Waals surface area (Å²) >= 11 is 0. The highest BCUT2D eigenvalue weighted by Crippen LogP contribution is 2.72. The Balaban J connectivity index is 1.24. The molecule has 2 bridgehead atoms. The molecule has 5 rings (SSSR count). The number of benzene rings is 1. The van der Waals surface area contributed by atoms with Gasteiger partial charge < -0.3 is 9.64 Å². The number of rotatable bonds is 3. The van der Waals surface area contributed by atoms with Gasteiger partial charge >= 0.3 is 6.09 Å². The number of amides is 1. The Labute approximate surface area is 150 Å². The molecular weight excluding hydrogens is 310 g/mol. The van der Waals surface area contributed by atoms with E-state index in [0.29, 0.717) is 23.3 Å². The van der Waals surface area contributed by atoms with Crippen LogP contribution in [0.5, 0.6) is 0 Å². The van der Waals surface area contributed by atoms with Gasteiger partial charge in [0.25, 0.3) is 0 Å². The molecular formula is C22H29NO2. The molecule has 3 saturated carbocycles. The second-order valence-electron chi connectivity index (χ2n) is 9.17. The van der Waals surface area contributed by atoms with Gasteiger partial charge in [0.15, 0.2) is 0 Å². The molecule has 4 aliphatic rings. The van der Waals surface area contributed by atoms with E-state index in [0.717, 1.165) is 31.7 Å². The number of hydrogen-bond donors (Lipinski definition) is 0. The number of ether oxygens (including phenoxy) is 1. The van der Waals surface area contributed by atoms with Gasteiger partial charge in [-0.1, -0.05) is 37.3 Å². The van der Waals surface area contributed by atoms with Gasteiger partial charge in [0.05, 0.1) is 0 Å². The summed E-state index contributed by atoms with van der Waals surface area (Å²) in [5.41, 5.74) is 1.98. The first-order valence-corrected chi connectivity index (χ1v) is 10.2. The first-order chi connectivity index (χ1) is 12.1. The van der Waals surface area contributed by atoms with E-state index in [4.69, 9.17) is 4.74 Å². The fraction of sp³-hybridized carbons (Fsp3) is 0.682. The summed E-state index contributed by atoms with van der Waals surface area (Å²) < 4.78 is 6.14. The second kappa shape index (κ2) is 5.75. The molecule has 1 aromatic rings. The van der Waals surface area contributed by atoms with Crippen LogP contribution in [0, 0.1) is 23.2 Å². The Morgan fingerprint density at radius 3 is 2.92 bits per heavy atom. The molecule has 3 aliphatic carbocycles. The maximum atomic E-state index is 12.9. The van der Waals surface area contributed by atoms with Crippen molar-refractivity contribution in [3.8, 4) is 0 Å². The third kappa shape index (κ3) is 2.67. The van der Waals surface area contributed by atoms with Crippen LogP contribution in [-0.4, -0.2) is 29.7 Å². The molecule has 134 valence electrons.